The number of carbonyl (C=O) groups is 3. The van der Waals surface area contributed by atoms with Crippen LogP contribution in [-0.2, 0) is 14.3 Å². The van der Waals surface area contributed by atoms with Gasteiger partial charge in [-0.1, -0.05) is 39.7 Å². The summed E-state index contributed by atoms with van der Waals surface area (Å²) in [7, 11) is 0. The lowest BCUT2D eigenvalue weighted by Gasteiger charge is -2.32. The monoisotopic (exact) mass is 473 g/mol. The number of benzene rings is 1. The summed E-state index contributed by atoms with van der Waals surface area (Å²) in [6.45, 7) is 14.3. The summed E-state index contributed by atoms with van der Waals surface area (Å²) >= 11 is 0. The normalized spacial score (nSPS) is 13.9. The number of ether oxygens (including phenoxy) is 1. The van der Waals surface area contributed by atoms with Crippen LogP contribution in [0.4, 0.5) is 4.79 Å². The highest BCUT2D eigenvalue weighted by atomic mass is 16.6. The summed E-state index contributed by atoms with van der Waals surface area (Å²) in [5.41, 5.74) is 0.234. The lowest BCUT2D eigenvalue weighted by atomic mass is 9.98. The first-order valence-corrected chi connectivity index (χ1v) is 11.6. The van der Waals surface area contributed by atoms with Crippen LogP contribution in [-0.4, -0.2) is 45.6 Å². The third-order valence-corrected chi connectivity index (χ3v) is 5.13. The molecule has 34 heavy (non-hydrogen) atoms. The topological polar surface area (TPSA) is 108 Å². The summed E-state index contributed by atoms with van der Waals surface area (Å²) < 4.78 is 5.30. The van der Waals surface area contributed by atoms with E-state index in [2.05, 4.69) is 16.7 Å². The van der Waals surface area contributed by atoms with E-state index in [1.807, 2.05) is 13.8 Å². The lowest BCUT2D eigenvalue weighted by molar-refractivity contribution is -0.139. The Morgan fingerprint density at radius 3 is 2.26 bits per heavy atom. The first-order valence-electron chi connectivity index (χ1n) is 11.6. The van der Waals surface area contributed by atoms with Crippen molar-refractivity contribution in [1.29, 1.82) is 0 Å². The predicted molar refractivity (Wildman–Crippen MR) is 132 cm³/mol. The van der Waals surface area contributed by atoms with Crippen LogP contribution in [0, 0.1) is 25.3 Å². The number of nitrogens with one attached hydrogen (secondary N) is 2. The molecule has 3 atom stereocenters. The van der Waals surface area contributed by atoms with E-state index in [9.17, 15) is 19.5 Å². The van der Waals surface area contributed by atoms with Gasteiger partial charge in [0.1, 0.15) is 23.4 Å². The molecule has 3 N–H and O–H groups in total. The van der Waals surface area contributed by atoms with Gasteiger partial charge < -0.3 is 20.5 Å². The van der Waals surface area contributed by atoms with Crippen molar-refractivity contribution in [2.75, 3.05) is 0 Å². The molecule has 0 heterocycles. The molecule has 0 saturated heterocycles. The number of aryl methyl sites for hydroxylation is 1. The number of rotatable bonds is 9. The van der Waals surface area contributed by atoms with Crippen LogP contribution >= 0.6 is 0 Å². The summed E-state index contributed by atoms with van der Waals surface area (Å²) in [5, 5.41) is 15.5. The van der Waals surface area contributed by atoms with Gasteiger partial charge >= 0.3 is 6.09 Å². The average Bonchev–Trinajstić information content (AvgIpc) is 2.70. The number of hydrogen-bond acceptors (Lipinski definition) is 5. The maximum atomic E-state index is 13.6. The number of alkyl carbamates (subject to hydrolysis) is 1. The van der Waals surface area contributed by atoms with Crippen molar-refractivity contribution in [3.63, 3.8) is 0 Å². The van der Waals surface area contributed by atoms with Gasteiger partial charge in [-0.3, -0.25) is 14.5 Å². The Morgan fingerprint density at radius 1 is 1.18 bits per heavy atom. The van der Waals surface area contributed by atoms with Gasteiger partial charge in [0, 0.05) is 12.1 Å². The minimum atomic E-state index is -1.15. The van der Waals surface area contributed by atoms with Crippen LogP contribution in [0.1, 0.15) is 78.5 Å². The smallest absolute Gasteiger partial charge is 0.408 e. The van der Waals surface area contributed by atoms with Crippen molar-refractivity contribution in [2.24, 2.45) is 5.92 Å². The van der Waals surface area contributed by atoms with Crippen molar-refractivity contribution < 1.29 is 24.2 Å². The molecule has 0 spiro atoms. The van der Waals surface area contributed by atoms with E-state index in [1.165, 1.54) is 6.07 Å². The molecule has 0 saturated carbocycles. The zero-order chi connectivity index (χ0) is 26.2. The largest absolute Gasteiger partial charge is 0.508 e. The molecule has 1 aromatic rings. The van der Waals surface area contributed by atoms with E-state index >= 15 is 0 Å². The average molecular weight is 474 g/mol. The molecule has 3 amide bonds. The Morgan fingerprint density at radius 2 is 1.79 bits per heavy atom. The molecule has 188 valence electrons. The maximum absolute atomic E-state index is 13.6. The van der Waals surface area contributed by atoms with Crippen LogP contribution in [0.3, 0.4) is 0 Å². The third-order valence-electron chi connectivity index (χ3n) is 5.13. The molecule has 0 bridgehead atoms. The molecule has 0 aliphatic carbocycles. The van der Waals surface area contributed by atoms with Gasteiger partial charge in [-0.2, -0.15) is 0 Å². The van der Waals surface area contributed by atoms with Gasteiger partial charge in [0.05, 0.1) is 0 Å². The number of nitrogens with zero attached hydrogens (tertiary/aromatic N) is 1. The standard InChI is InChI=1S/C26H39N3O5/c1-10-12-18(6)27-23(31)22(19-13-14-20(30)17(5)15-19)29(11-2)24(32)21(16(3)4)28-25(33)34-26(7,8)9/h2,13-16,18,21-22,30H,10,12H2,1,3-9H3,(H,27,31)(H,28,33). The van der Waals surface area contributed by atoms with Gasteiger partial charge in [0.15, 0.2) is 0 Å². The zero-order valence-corrected chi connectivity index (χ0v) is 21.6. The first-order chi connectivity index (χ1) is 15.7. The van der Waals surface area contributed by atoms with Gasteiger partial charge in [0.25, 0.3) is 5.91 Å². The number of hydrogen-bond donors (Lipinski definition) is 3. The first kappa shape index (κ1) is 28.8. The van der Waals surface area contributed by atoms with Gasteiger partial charge in [-0.25, -0.2) is 4.79 Å². The van der Waals surface area contributed by atoms with Crippen LogP contribution in [0.2, 0.25) is 0 Å². The van der Waals surface area contributed by atoms with Gasteiger partial charge in [0.2, 0.25) is 5.91 Å². The molecule has 0 aliphatic heterocycles. The molecule has 8 heteroatoms. The summed E-state index contributed by atoms with van der Waals surface area (Å²) in [4.78, 5) is 40.3. The van der Waals surface area contributed by atoms with Crippen molar-refractivity contribution >= 4 is 17.9 Å². The fourth-order valence-corrected chi connectivity index (χ4v) is 3.46. The Kier molecular flexibility index (Phi) is 10.4. The van der Waals surface area contributed by atoms with Crippen molar-refractivity contribution in [2.45, 2.75) is 92.0 Å². The maximum Gasteiger partial charge on any atom is 0.408 e. The SMILES string of the molecule is C#CN(C(=O)C(NC(=O)OC(C)(C)C)C(C)C)C(C(=O)NC(C)CCC)c1ccc(O)c(C)c1. The van der Waals surface area contributed by atoms with E-state index in [4.69, 9.17) is 11.2 Å². The molecular weight excluding hydrogens is 434 g/mol. The van der Waals surface area contributed by atoms with E-state index < -0.39 is 35.6 Å². The number of aromatic hydroxyl groups is 1. The molecule has 0 aliphatic rings. The Hall–Kier alpha value is -3.21. The Labute approximate surface area is 203 Å². The molecule has 1 aromatic carbocycles. The highest BCUT2D eigenvalue weighted by Crippen LogP contribution is 2.27. The summed E-state index contributed by atoms with van der Waals surface area (Å²) in [6.07, 6.45) is 6.63. The number of phenolic OH excluding ortho intramolecular Hbond substituents is 1. The zero-order valence-electron chi connectivity index (χ0n) is 21.6. The molecule has 0 fully saturated rings. The number of phenols is 1. The highest BCUT2D eigenvalue weighted by Gasteiger charge is 2.37. The minimum Gasteiger partial charge on any atom is -0.508 e. The van der Waals surface area contributed by atoms with Crippen molar-refractivity contribution in [3.05, 3.63) is 29.3 Å². The van der Waals surface area contributed by atoms with Crippen LogP contribution in [0.15, 0.2) is 18.2 Å². The number of amides is 3. The van der Waals surface area contributed by atoms with E-state index in [-0.39, 0.29) is 17.7 Å². The second-order valence-electron chi connectivity index (χ2n) is 9.85. The number of carbonyl (C=O) groups excluding carboxylic acids is 3. The van der Waals surface area contributed by atoms with E-state index in [0.717, 1.165) is 17.7 Å². The fraction of sp³-hybridized carbons (Fsp3) is 0.577. The summed E-state index contributed by atoms with van der Waals surface area (Å²) in [6, 6.07) is 4.67. The third kappa shape index (κ3) is 8.29. The Bertz CT molecular complexity index is 914. The van der Waals surface area contributed by atoms with Crippen LogP contribution in [0.25, 0.3) is 0 Å². The highest BCUT2D eigenvalue weighted by molar-refractivity contribution is 5.93. The quantitative estimate of drug-likeness (QED) is 0.371. The minimum absolute atomic E-state index is 0.0625. The molecule has 0 aromatic heterocycles. The number of terminal acetylenes is 1. The second-order valence-corrected chi connectivity index (χ2v) is 9.85. The lowest BCUT2D eigenvalue weighted by Crippen LogP contribution is -2.54. The predicted octanol–water partition coefficient (Wildman–Crippen LogP) is 4.02. The van der Waals surface area contributed by atoms with E-state index in [0.29, 0.717) is 11.1 Å². The summed E-state index contributed by atoms with van der Waals surface area (Å²) in [5.74, 6) is -1.33. The fourth-order valence-electron chi connectivity index (χ4n) is 3.46. The molecule has 8 nitrogen and oxygen atoms in total. The van der Waals surface area contributed by atoms with E-state index in [1.54, 1.807) is 53.7 Å². The molecule has 0 radical (unpaired) electrons. The second kappa shape index (κ2) is 12.3. The van der Waals surface area contributed by atoms with Crippen molar-refractivity contribution in [3.8, 4) is 18.2 Å². The van der Waals surface area contributed by atoms with Crippen LogP contribution < -0.4 is 10.6 Å². The Balaban J connectivity index is 3.40. The molecule has 1 rings (SSSR count). The van der Waals surface area contributed by atoms with Crippen LogP contribution in [0.5, 0.6) is 5.75 Å². The van der Waals surface area contributed by atoms with Gasteiger partial charge in [-0.05, 0) is 70.2 Å². The van der Waals surface area contributed by atoms with Crippen molar-refractivity contribution in [1.82, 2.24) is 15.5 Å². The molecule has 3 unspecified atom stereocenters. The molecular formula is C26H39N3O5. The van der Waals surface area contributed by atoms with Gasteiger partial charge in [-0.15, -0.1) is 0 Å².